The standard InChI is InChI=1S/C24H26N4O3.C23H23F3N4O/c1-17-4-3-5-20(14-17)28-21(15-18(2)25-28)24(29)27-10-8-26(9-11-27)19-6-7-22-23(16-19)31-13-12-30-22;1-16-6-5-7-18(14-16)30-21(15-17(2)27-30)22(31)29-12-10-28(11-13-29)20-9-4-3-8-19(20)23(24,25)26/h3-7,14-16H,8-13H2,1-2H3;3-9,14-15H,10-13H2,1-2H3. The first-order valence-corrected chi connectivity index (χ1v) is 20.7. The molecule has 0 aliphatic carbocycles. The van der Waals surface area contributed by atoms with E-state index in [0.29, 0.717) is 63.9 Å². The largest absolute Gasteiger partial charge is 0.486 e. The maximum atomic E-state index is 13.4. The van der Waals surface area contributed by atoms with Crippen LogP contribution in [0.25, 0.3) is 11.4 Å². The number of carbonyl (C=O) groups is 2. The van der Waals surface area contributed by atoms with Crippen LogP contribution >= 0.6 is 0 Å². The third kappa shape index (κ3) is 9.11. The van der Waals surface area contributed by atoms with Gasteiger partial charge in [0.15, 0.2) is 11.5 Å². The fourth-order valence-electron chi connectivity index (χ4n) is 8.08. The number of alkyl halides is 3. The van der Waals surface area contributed by atoms with Crippen LogP contribution in [-0.2, 0) is 6.18 Å². The maximum absolute atomic E-state index is 13.4. The highest BCUT2D eigenvalue weighted by Crippen LogP contribution is 2.37. The second-order valence-corrected chi connectivity index (χ2v) is 15.7. The van der Waals surface area contributed by atoms with Gasteiger partial charge in [0.2, 0.25) is 0 Å². The molecule has 0 radical (unpaired) electrons. The van der Waals surface area contributed by atoms with Crippen molar-refractivity contribution in [3.63, 3.8) is 0 Å². The van der Waals surface area contributed by atoms with Gasteiger partial charge in [0.05, 0.1) is 28.3 Å². The Morgan fingerprint density at radius 3 is 1.55 bits per heavy atom. The van der Waals surface area contributed by atoms with Crippen LogP contribution in [0.1, 0.15) is 49.1 Å². The normalized spacial score (nSPS) is 15.3. The summed E-state index contributed by atoms with van der Waals surface area (Å²) in [5, 5.41) is 9.05. The minimum Gasteiger partial charge on any atom is -0.486 e. The SMILES string of the molecule is Cc1cccc(-n2nc(C)cc2C(=O)N2CCN(c3ccc4c(c3)OCCO4)CC2)c1.Cc1cccc(-n2nc(C)cc2C(=O)N2CCN(c3ccccc3C(F)(F)F)CC2)c1. The fraction of sp³-hybridized carbons (Fsp3) is 0.319. The second-order valence-electron chi connectivity index (χ2n) is 15.7. The molecule has 12 nitrogen and oxygen atoms in total. The molecule has 4 aromatic carbocycles. The number of para-hydroxylation sites is 1. The molecule has 0 atom stereocenters. The summed E-state index contributed by atoms with van der Waals surface area (Å²) in [6.45, 7) is 13.1. The summed E-state index contributed by atoms with van der Waals surface area (Å²) in [6, 6.07) is 31.0. The number of anilines is 2. The van der Waals surface area contributed by atoms with Gasteiger partial charge in [-0.3, -0.25) is 9.59 Å². The molecule has 2 saturated heterocycles. The molecule has 0 spiro atoms. The lowest BCUT2D eigenvalue weighted by molar-refractivity contribution is -0.137. The van der Waals surface area contributed by atoms with Crippen molar-refractivity contribution in [1.82, 2.24) is 29.4 Å². The van der Waals surface area contributed by atoms with Gasteiger partial charge in [0, 0.05) is 69.8 Å². The van der Waals surface area contributed by atoms with Crippen molar-refractivity contribution in [2.45, 2.75) is 33.9 Å². The number of amides is 2. The number of fused-ring (bicyclic) bond motifs is 1. The minimum absolute atomic E-state index is 0.0175. The maximum Gasteiger partial charge on any atom is 0.418 e. The number of hydrogen-bond acceptors (Lipinski definition) is 8. The van der Waals surface area contributed by atoms with E-state index in [1.165, 1.54) is 12.1 Å². The van der Waals surface area contributed by atoms with Crippen molar-refractivity contribution in [3.05, 3.63) is 143 Å². The van der Waals surface area contributed by atoms with Crippen molar-refractivity contribution >= 4 is 23.2 Å². The molecule has 3 aliphatic rings. The summed E-state index contributed by atoms with van der Waals surface area (Å²) in [7, 11) is 0. The quantitative estimate of drug-likeness (QED) is 0.168. The fourth-order valence-corrected chi connectivity index (χ4v) is 8.08. The topological polar surface area (TPSA) is 101 Å². The lowest BCUT2D eigenvalue weighted by Crippen LogP contribution is -2.49. The summed E-state index contributed by atoms with van der Waals surface area (Å²) in [6.07, 6.45) is -4.42. The van der Waals surface area contributed by atoms with E-state index in [1.54, 1.807) is 31.3 Å². The number of carbonyl (C=O) groups excluding carboxylic acids is 2. The Kier molecular flexibility index (Phi) is 12.0. The Labute approximate surface area is 358 Å². The average Bonchev–Trinajstić information content (AvgIpc) is 3.88. The highest BCUT2D eigenvalue weighted by Gasteiger charge is 2.36. The van der Waals surface area contributed by atoms with Crippen molar-refractivity contribution in [2.24, 2.45) is 0 Å². The van der Waals surface area contributed by atoms with E-state index < -0.39 is 11.7 Å². The zero-order valence-corrected chi connectivity index (χ0v) is 35.2. The van der Waals surface area contributed by atoms with Gasteiger partial charge in [-0.15, -0.1) is 0 Å². The third-order valence-corrected chi connectivity index (χ3v) is 11.2. The van der Waals surface area contributed by atoms with E-state index in [-0.39, 0.29) is 17.5 Å². The molecular weight excluding hydrogens is 798 g/mol. The molecule has 6 aromatic rings. The summed E-state index contributed by atoms with van der Waals surface area (Å²) in [5.74, 6) is 1.43. The summed E-state index contributed by atoms with van der Waals surface area (Å²) in [5.41, 5.74) is 7.12. The number of benzene rings is 4. The van der Waals surface area contributed by atoms with Crippen molar-refractivity contribution in [1.29, 1.82) is 0 Å². The van der Waals surface area contributed by atoms with Crippen LogP contribution in [0.2, 0.25) is 0 Å². The van der Waals surface area contributed by atoms with Gasteiger partial charge in [0.1, 0.15) is 24.6 Å². The molecule has 0 unspecified atom stereocenters. The van der Waals surface area contributed by atoms with E-state index in [0.717, 1.165) is 70.2 Å². The molecule has 15 heteroatoms. The van der Waals surface area contributed by atoms with E-state index in [2.05, 4.69) is 21.2 Å². The summed E-state index contributed by atoms with van der Waals surface area (Å²) in [4.78, 5) is 34.1. The van der Waals surface area contributed by atoms with Gasteiger partial charge >= 0.3 is 6.18 Å². The van der Waals surface area contributed by atoms with E-state index in [1.807, 2.05) is 99.3 Å². The molecule has 3 aliphatic heterocycles. The Morgan fingerprint density at radius 2 is 1.03 bits per heavy atom. The Balaban J connectivity index is 0.000000171. The molecule has 2 aromatic heterocycles. The Bertz CT molecular complexity index is 2570. The van der Waals surface area contributed by atoms with Crippen LogP contribution in [-0.4, -0.2) is 107 Å². The molecule has 0 saturated carbocycles. The van der Waals surface area contributed by atoms with Gasteiger partial charge in [-0.2, -0.15) is 23.4 Å². The van der Waals surface area contributed by atoms with Crippen LogP contribution in [0.3, 0.4) is 0 Å². The van der Waals surface area contributed by atoms with E-state index in [9.17, 15) is 22.8 Å². The first-order chi connectivity index (χ1) is 29.8. The molecule has 2 fully saturated rings. The van der Waals surface area contributed by atoms with E-state index in [4.69, 9.17) is 9.47 Å². The summed E-state index contributed by atoms with van der Waals surface area (Å²) < 4.78 is 54.8. The molecule has 9 rings (SSSR count). The lowest BCUT2D eigenvalue weighted by atomic mass is 10.1. The molecule has 0 N–H and O–H groups in total. The molecule has 2 amide bonds. The number of hydrogen-bond donors (Lipinski definition) is 0. The number of aryl methyl sites for hydroxylation is 4. The predicted molar refractivity (Wildman–Crippen MR) is 231 cm³/mol. The van der Waals surface area contributed by atoms with Gasteiger partial charge in [0.25, 0.3) is 11.8 Å². The Morgan fingerprint density at radius 1 is 0.532 bits per heavy atom. The third-order valence-electron chi connectivity index (χ3n) is 11.2. The van der Waals surface area contributed by atoms with Crippen molar-refractivity contribution < 1.29 is 32.2 Å². The van der Waals surface area contributed by atoms with Crippen molar-refractivity contribution in [2.75, 3.05) is 75.4 Å². The Hall–Kier alpha value is -6.77. The van der Waals surface area contributed by atoms with Gasteiger partial charge in [-0.05, 0) is 99.5 Å². The number of aromatic nitrogens is 4. The monoisotopic (exact) mass is 846 g/mol. The number of ether oxygens (including phenoxy) is 2. The molecule has 62 heavy (non-hydrogen) atoms. The van der Waals surface area contributed by atoms with Gasteiger partial charge in [-0.25, -0.2) is 9.36 Å². The highest BCUT2D eigenvalue weighted by atomic mass is 19.4. The number of piperazine rings is 2. The van der Waals surface area contributed by atoms with Crippen LogP contribution in [0.4, 0.5) is 24.5 Å². The van der Waals surface area contributed by atoms with Crippen LogP contribution in [0.5, 0.6) is 11.5 Å². The first kappa shape index (κ1) is 41.9. The highest BCUT2D eigenvalue weighted by molar-refractivity contribution is 5.94. The first-order valence-electron chi connectivity index (χ1n) is 20.7. The van der Waals surface area contributed by atoms with Gasteiger partial charge in [-0.1, -0.05) is 36.4 Å². The predicted octanol–water partition coefficient (Wildman–Crippen LogP) is 7.69. The molecule has 322 valence electrons. The molecule has 5 heterocycles. The number of nitrogens with zero attached hydrogens (tertiary/aromatic N) is 8. The van der Waals surface area contributed by atoms with E-state index >= 15 is 0 Å². The van der Waals surface area contributed by atoms with Crippen LogP contribution < -0.4 is 19.3 Å². The molecular formula is C47H49F3N8O4. The number of halogens is 3. The van der Waals surface area contributed by atoms with Crippen LogP contribution in [0.15, 0.2) is 103 Å². The van der Waals surface area contributed by atoms with Crippen molar-refractivity contribution in [3.8, 4) is 22.9 Å². The second kappa shape index (κ2) is 17.7. The molecule has 0 bridgehead atoms. The lowest BCUT2D eigenvalue weighted by Gasteiger charge is -2.37. The van der Waals surface area contributed by atoms with Crippen LogP contribution in [0, 0.1) is 27.7 Å². The summed E-state index contributed by atoms with van der Waals surface area (Å²) >= 11 is 0. The average molecular weight is 847 g/mol. The smallest absolute Gasteiger partial charge is 0.418 e. The zero-order valence-electron chi connectivity index (χ0n) is 35.2. The number of rotatable bonds is 6. The van der Waals surface area contributed by atoms with Gasteiger partial charge < -0.3 is 29.1 Å². The minimum atomic E-state index is -4.42. The zero-order chi connectivity index (χ0) is 43.5.